The van der Waals surface area contributed by atoms with Crippen LogP contribution in [0.4, 0.5) is 15.9 Å². The molecule has 2 aromatic carbocycles. The fourth-order valence-corrected chi connectivity index (χ4v) is 2.43. The number of nitrogens with one attached hydrogen (secondary N) is 2. The number of rotatable bonds is 7. The number of amides is 1. The number of nitrogens with zero attached hydrogens (tertiary/aromatic N) is 2. The molecule has 1 aromatic heterocycles. The molecule has 0 aliphatic heterocycles. The molecule has 0 atom stereocenters. The number of methoxy groups -OCH3 is 1. The SMILES string of the molecule is COc1cccc(NC(=O)c2ccc(NCCc3ccc(F)cc3)nn2)c1. The normalized spacial score (nSPS) is 10.3. The van der Waals surface area contributed by atoms with Crippen LogP contribution in [0.15, 0.2) is 60.7 Å². The van der Waals surface area contributed by atoms with Crippen LogP contribution in [0, 0.1) is 5.82 Å². The van der Waals surface area contributed by atoms with Crippen molar-refractivity contribution in [2.24, 2.45) is 0 Å². The Hall–Kier alpha value is -3.48. The third-order valence-corrected chi connectivity index (χ3v) is 3.86. The lowest BCUT2D eigenvalue weighted by molar-refractivity contribution is 0.102. The molecule has 1 heterocycles. The summed E-state index contributed by atoms with van der Waals surface area (Å²) in [5.41, 5.74) is 1.84. The Balaban J connectivity index is 1.53. The predicted molar refractivity (Wildman–Crippen MR) is 102 cm³/mol. The number of hydrogen-bond donors (Lipinski definition) is 2. The van der Waals surface area contributed by atoms with Gasteiger partial charge in [-0.2, -0.15) is 0 Å². The molecule has 0 unspecified atom stereocenters. The quantitative estimate of drug-likeness (QED) is 0.669. The second-order valence-corrected chi connectivity index (χ2v) is 5.79. The molecule has 0 aliphatic carbocycles. The first-order valence-corrected chi connectivity index (χ1v) is 8.41. The van der Waals surface area contributed by atoms with E-state index in [0.717, 1.165) is 12.0 Å². The van der Waals surface area contributed by atoms with Gasteiger partial charge in [0.25, 0.3) is 5.91 Å². The van der Waals surface area contributed by atoms with E-state index < -0.39 is 0 Å². The van der Waals surface area contributed by atoms with Crippen LogP contribution in [0.5, 0.6) is 5.75 Å². The summed E-state index contributed by atoms with van der Waals surface area (Å²) < 4.78 is 18.0. The van der Waals surface area contributed by atoms with Crippen molar-refractivity contribution < 1.29 is 13.9 Å². The van der Waals surface area contributed by atoms with Gasteiger partial charge in [0.2, 0.25) is 0 Å². The molecule has 3 rings (SSSR count). The van der Waals surface area contributed by atoms with Crippen LogP contribution in [0.1, 0.15) is 16.1 Å². The summed E-state index contributed by atoms with van der Waals surface area (Å²) in [6.07, 6.45) is 0.722. The molecule has 27 heavy (non-hydrogen) atoms. The van der Waals surface area contributed by atoms with Crippen molar-refractivity contribution in [2.75, 3.05) is 24.3 Å². The van der Waals surface area contributed by atoms with Crippen molar-refractivity contribution in [2.45, 2.75) is 6.42 Å². The molecule has 0 aliphatic rings. The largest absolute Gasteiger partial charge is 0.497 e. The molecule has 2 N–H and O–H groups in total. The highest BCUT2D eigenvalue weighted by atomic mass is 19.1. The van der Waals surface area contributed by atoms with Crippen molar-refractivity contribution in [3.05, 3.63) is 77.7 Å². The molecule has 138 valence electrons. The molecular weight excluding hydrogens is 347 g/mol. The lowest BCUT2D eigenvalue weighted by Gasteiger charge is -2.08. The monoisotopic (exact) mass is 366 g/mol. The van der Waals surface area contributed by atoms with E-state index >= 15 is 0 Å². The van der Waals surface area contributed by atoms with Gasteiger partial charge in [-0.25, -0.2) is 4.39 Å². The number of carbonyl (C=O) groups excluding carboxylic acids is 1. The number of carbonyl (C=O) groups is 1. The zero-order valence-corrected chi connectivity index (χ0v) is 14.8. The van der Waals surface area contributed by atoms with E-state index in [2.05, 4.69) is 20.8 Å². The summed E-state index contributed by atoms with van der Waals surface area (Å²) in [7, 11) is 1.56. The summed E-state index contributed by atoms with van der Waals surface area (Å²) in [6, 6.07) is 16.7. The minimum absolute atomic E-state index is 0.210. The molecule has 0 radical (unpaired) electrons. The molecule has 0 bridgehead atoms. The Bertz CT molecular complexity index is 899. The fourth-order valence-electron chi connectivity index (χ4n) is 2.43. The van der Waals surface area contributed by atoms with E-state index in [1.807, 2.05) is 0 Å². The topological polar surface area (TPSA) is 76.1 Å². The number of anilines is 2. The van der Waals surface area contributed by atoms with Gasteiger partial charge in [-0.3, -0.25) is 4.79 Å². The molecule has 0 saturated carbocycles. The van der Waals surface area contributed by atoms with Crippen LogP contribution in [0.3, 0.4) is 0 Å². The van der Waals surface area contributed by atoms with E-state index in [4.69, 9.17) is 4.74 Å². The fraction of sp³-hybridized carbons (Fsp3) is 0.150. The Morgan fingerprint density at radius 1 is 1.07 bits per heavy atom. The van der Waals surface area contributed by atoms with E-state index in [1.54, 1.807) is 55.6 Å². The summed E-state index contributed by atoms with van der Waals surface area (Å²) in [6.45, 7) is 0.621. The molecular formula is C20H19FN4O2. The standard InChI is InChI=1S/C20H19FN4O2/c1-27-17-4-2-3-16(13-17)23-20(26)18-9-10-19(25-24-18)22-12-11-14-5-7-15(21)8-6-14/h2-10,13H,11-12H2,1H3,(H,22,25)(H,23,26). The van der Waals surface area contributed by atoms with Crippen molar-refractivity contribution >= 4 is 17.4 Å². The van der Waals surface area contributed by atoms with Gasteiger partial charge in [0.15, 0.2) is 5.69 Å². The summed E-state index contributed by atoms with van der Waals surface area (Å²) in [5.74, 6) is 0.614. The summed E-state index contributed by atoms with van der Waals surface area (Å²) in [5, 5.41) is 13.8. The Kier molecular flexibility index (Phi) is 5.94. The zero-order valence-electron chi connectivity index (χ0n) is 14.8. The molecule has 1 amide bonds. The first kappa shape index (κ1) is 18.3. The van der Waals surface area contributed by atoms with Crippen LogP contribution in [0.2, 0.25) is 0 Å². The zero-order chi connectivity index (χ0) is 19.1. The van der Waals surface area contributed by atoms with E-state index in [9.17, 15) is 9.18 Å². The van der Waals surface area contributed by atoms with Crippen molar-refractivity contribution in [3.8, 4) is 5.75 Å². The first-order valence-electron chi connectivity index (χ1n) is 8.41. The van der Waals surface area contributed by atoms with Crippen LogP contribution < -0.4 is 15.4 Å². The number of hydrogen-bond acceptors (Lipinski definition) is 5. The average Bonchev–Trinajstić information content (AvgIpc) is 2.70. The number of ether oxygens (including phenoxy) is 1. The molecule has 6 nitrogen and oxygen atoms in total. The Morgan fingerprint density at radius 2 is 1.89 bits per heavy atom. The maximum atomic E-state index is 12.9. The second-order valence-electron chi connectivity index (χ2n) is 5.79. The summed E-state index contributed by atoms with van der Waals surface area (Å²) in [4.78, 5) is 12.2. The van der Waals surface area contributed by atoms with Crippen LogP contribution >= 0.6 is 0 Å². The maximum Gasteiger partial charge on any atom is 0.276 e. The minimum Gasteiger partial charge on any atom is -0.497 e. The third-order valence-electron chi connectivity index (χ3n) is 3.86. The highest BCUT2D eigenvalue weighted by Gasteiger charge is 2.09. The Morgan fingerprint density at radius 3 is 2.59 bits per heavy atom. The van der Waals surface area contributed by atoms with Gasteiger partial charge in [0.1, 0.15) is 17.4 Å². The van der Waals surface area contributed by atoms with Gasteiger partial charge in [0.05, 0.1) is 7.11 Å². The van der Waals surface area contributed by atoms with Gasteiger partial charge >= 0.3 is 0 Å². The number of halogens is 1. The Labute approximate surface area is 156 Å². The van der Waals surface area contributed by atoms with Gasteiger partial charge in [-0.15, -0.1) is 10.2 Å². The molecule has 7 heteroatoms. The average molecular weight is 366 g/mol. The minimum atomic E-state index is -0.353. The van der Waals surface area contributed by atoms with Crippen molar-refractivity contribution in [1.82, 2.24) is 10.2 Å². The number of benzene rings is 2. The lowest BCUT2D eigenvalue weighted by Crippen LogP contribution is -2.15. The van der Waals surface area contributed by atoms with E-state index in [1.165, 1.54) is 12.1 Å². The van der Waals surface area contributed by atoms with Crippen molar-refractivity contribution in [1.29, 1.82) is 0 Å². The van der Waals surface area contributed by atoms with Crippen molar-refractivity contribution in [3.63, 3.8) is 0 Å². The molecule has 3 aromatic rings. The predicted octanol–water partition coefficient (Wildman–Crippen LogP) is 3.53. The van der Waals surface area contributed by atoms with Gasteiger partial charge in [0, 0.05) is 18.3 Å². The third kappa shape index (κ3) is 5.24. The highest BCUT2D eigenvalue weighted by molar-refractivity contribution is 6.02. The highest BCUT2D eigenvalue weighted by Crippen LogP contribution is 2.17. The second kappa shape index (κ2) is 8.75. The van der Waals surface area contributed by atoms with Gasteiger partial charge in [-0.1, -0.05) is 18.2 Å². The van der Waals surface area contributed by atoms with Crippen LogP contribution in [-0.4, -0.2) is 29.8 Å². The summed E-state index contributed by atoms with van der Waals surface area (Å²) >= 11 is 0. The molecule has 0 spiro atoms. The molecule has 0 saturated heterocycles. The van der Waals surface area contributed by atoms with Crippen LogP contribution in [0.25, 0.3) is 0 Å². The van der Waals surface area contributed by atoms with Gasteiger partial charge in [-0.05, 0) is 48.4 Å². The smallest absolute Gasteiger partial charge is 0.276 e. The lowest BCUT2D eigenvalue weighted by atomic mass is 10.1. The van der Waals surface area contributed by atoms with Crippen LogP contribution in [-0.2, 0) is 6.42 Å². The van der Waals surface area contributed by atoms with E-state index in [-0.39, 0.29) is 17.4 Å². The molecule has 0 fully saturated rings. The first-order chi connectivity index (χ1) is 13.1. The number of aromatic nitrogens is 2. The maximum absolute atomic E-state index is 12.9. The van der Waals surface area contributed by atoms with E-state index in [0.29, 0.717) is 23.8 Å². The van der Waals surface area contributed by atoms with Gasteiger partial charge < -0.3 is 15.4 Å².